The molecule has 6 rings (SSSR count). The molecule has 0 radical (unpaired) electrons. The van der Waals surface area contributed by atoms with Crippen molar-refractivity contribution in [1.82, 2.24) is 24.4 Å². The second-order valence-corrected chi connectivity index (χ2v) is 10.1. The Bertz CT molecular complexity index is 1330. The Kier molecular flexibility index (Phi) is 7.01. The van der Waals surface area contributed by atoms with Crippen molar-refractivity contribution in [2.75, 3.05) is 50.8 Å². The smallest absolute Gasteiger partial charge is 0.166 e. The number of likely N-dealkylation sites (tertiary alicyclic amines) is 1. The maximum atomic E-state index is 10.1. The summed E-state index contributed by atoms with van der Waals surface area (Å²) in [5, 5.41) is 10.1. The van der Waals surface area contributed by atoms with Crippen LogP contribution in [0.25, 0.3) is 22.6 Å². The summed E-state index contributed by atoms with van der Waals surface area (Å²) in [7, 11) is 0. The van der Waals surface area contributed by atoms with Gasteiger partial charge >= 0.3 is 0 Å². The van der Waals surface area contributed by atoms with Crippen LogP contribution in [0.3, 0.4) is 0 Å². The van der Waals surface area contributed by atoms with Gasteiger partial charge in [0, 0.05) is 31.7 Å². The number of imidazole rings is 1. The SMILES string of the molecule is Oc1cccc(-c2nc(N3CCOCC3)c3ncn(CC4CCN(CCc5ccccc5)CC4)c3n2)c1. The molecule has 0 amide bonds. The fourth-order valence-electron chi connectivity index (χ4n) is 5.44. The molecule has 0 atom stereocenters. The molecule has 2 fully saturated rings. The lowest BCUT2D eigenvalue weighted by molar-refractivity contribution is 0.122. The van der Waals surface area contributed by atoms with Crippen LogP contribution in [-0.4, -0.2) is 75.5 Å². The number of anilines is 1. The van der Waals surface area contributed by atoms with Gasteiger partial charge in [0.05, 0.1) is 19.5 Å². The molecule has 0 spiro atoms. The van der Waals surface area contributed by atoms with Crippen LogP contribution >= 0.6 is 0 Å². The molecule has 2 aromatic carbocycles. The molecule has 8 heteroatoms. The molecule has 2 aliphatic rings. The van der Waals surface area contributed by atoms with E-state index in [0.29, 0.717) is 25.0 Å². The number of hydrogen-bond donors (Lipinski definition) is 1. The standard InChI is InChI=1S/C29H34N6O2/c36-25-8-4-7-24(19-25)27-31-28(34-15-17-37-18-16-34)26-29(32-27)35(21-30-26)20-23-10-13-33(14-11-23)12-9-22-5-2-1-3-6-22/h1-8,19,21,23,36H,9-18,20H2. The van der Waals surface area contributed by atoms with E-state index in [-0.39, 0.29) is 5.75 Å². The summed E-state index contributed by atoms with van der Waals surface area (Å²) >= 11 is 0. The molecule has 37 heavy (non-hydrogen) atoms. The highest BCUT2D eigenvalue weighted by Gasteiger charge is 2.24. The van der Waals surface area contributed by atoms with Gasteiger partial charge in [-0.25, -0.2) is 15.0 Å². The predicted molar refractivity (Wildman–Crippen MR) is 145 cm³/mol. The number of aromatic nitrogens is 4. The minimum Gasteiger partial charge on any atom is -0.508 e. The van der Waals surface area contributed by atoms with Crippen molar-refractivity contribution in [2.45, 2.75) is 25.8 Å². The van der Waals surface area contributed by atoms with E-state index in [1.807, 2.05) is 18.5 Å². The zero-order chi connectivity index (χ0) is 25.0. The molecule has 0 unspecified atom stereocenters. The first-order valence-corrected chi connectivity index (χ1v) is 13.3. The number of benzene rings is 2. The second kappa shape index (κ2) is 10.9. The third-order valence-electron chi connectivity index (χ3n) is 7.58. The van der Waals surface area contributed by atoms with Crippen LogP contribution in [-0.2, 0) is 17.7 Å². The Morgan fingerprint density at radius 3 is 2.51 bits per heavy atom. The topological polar surface area (TPSA) is 79.5 Å². The van der Waals surface area contributed by atoms with Crippen LogP contribution < -0.4 is 4.90 Å². The van der Waals surface area contributed by atoms with E-state index in [9.17, 15) is 5.11 Å². The maximum absolute atomic E-state index is 10.1. The fraction of sp³-hybridized carbons (Fsp3) is 0.414. The Balaban J connectivity index is 1.20. The summed E-state index contributed by atoms with van der Waals surface area (Å²) in [5.74, 6) is 2.27. The molecule has 2 aliphatic heterocycles. The molecular weight excluding hydrogens is 464 g/mol. The van der Waals surface area contributed by atoms with E-state index in [0.717, 1.165) is 68.2 Å². The van der Waals surface area contributed by atoms with Gasteiger partial charge in [0.15, 0.2) is 22.8 Å². The van der Waals surface area contributed by atoms with Crippen molar-refractivity contribution in [3.05, 3.63) is 66.5 Å². The molecule has 1 N–H and O–H groups in total. The second-order valence-electron chi connectivity index (χ2n) is 10.1. The quantitative estimate of drug-likeness (QED) is 0.413. The van der Waals surface area contributed by atoms with Crippen LogP contribution in [0.1, 0.15) is 18.4 Å². The zero-order valence-corrected chi connectivity index (χ0v) is 21.2. The first-order valence-electron chi connectivity index (χ1n) is 13.3. The molecule has 8 nitrogen and oxygen atoms in total. The molecule has 192 valence electrons. The summed E-state index contributed by atoms with van der Waals surface area (Å²) in [6, 6.07) is 17.9. The third kappa shape index (κ3) is 5.45. The average Bonchev–Trinajstić information content (AvgIpc) is 3.35. The van der Waals surface area contributed by atoms with E-state index in [1.165, 1.54) is 18.4 Å². The van der Waals surface area contributed by atoms with Crippen molar-refractivity contribution < 1.29 is 9.84 Å². The molecular formula is C29H34N6O2. The Hall–Kier alpha value is -3.49. The van der Waals surface area contributed by atoms with Gasteiger partial charge in [-0.3, -0.25) is 0 Å². The van der Waals surface area contributed by atoms with E-state index in [2.05, 4.69) is 44.7 Å². The number of piperidine rings is 1. The Morgan fingerprint density at radius 2 is 1.73 bits per heavy atom. The first-order chi connectivity index (χ1) is 18.2. The van der Waals surface area contributed by atoms with E-state index in [4.69, 9.17) is 19.7 Å². The summed E-state index contributed by atoms with van der Waals surface area (Å²) < 4.78 is 7.78. The summed E-state index contributed by atoms with van der Waals surface area (Å²) in [4.78, 5) is 19.5. The van der Waals surface area contributed by atoms with Gasteiger partial charge < -0.3 is 24.2 Å². The average molecular weight is 499 g/mol. The van der Waals surface area contributed by atoms with Crippen molar-refractivity contribution in [2.24, 2.45) is 5.92 Å². The van der Waals surface area contributed by atoms with E-state index in [1.54, 1.807) is 12.1 Å². The number of nitrogens with zero attached hydrogens (tertiary/aromatic N) is 6. The highest BCUT2D eigenvalue weighted by atomic mass is 16.5. The number of phenolic OH excluding ortho intramolecular Hbond substituents is 1. The minimum absolute atomic E-state index is 0.210. The molecule has 4 aromatic rings. The van der Waals surface area contributed by atoms with E-state index < -0.39 is 0 Å². The first kappa shape index (κ1) is 23.9. The molecule has 0 bridgehead atoms. The molecule has 2 saturated heterocycles. The summed E-state index contributed by atoms with van der Waals surface area (Å²) in [6.07, 6.45) is 5.39. The number of phenols is 1. The van der Waals surface area contributed by atoms with Crippen LogP contribution in [0.15, 0.2) is 60.9 Å². The monoisotopic (exact) mass is 498 g/mol. The van der Waals surface area contributed by atoms with Crippen molar-refractivity contribution >= 4 is 17.0 Å². The zero-order valence-electron chi connectivity index (χ0n) is 21.2. The van der Waals surface area contributed by atoms with Crippen LogP contribution in [0, 0.1) is 5.92 Å². The Morgan fingerprint density at radius 1 is 0.919 bits per heavy atom. The van der Waals surface area contributed by atoms with Crippen LogP contribution in [0.2, 0.25) is 0 Å². The molecule has 0 saturated carbocycles. The molecule has 0 aliphatic carbocycles. The maximum Gasteiger partial charge on any atom is 0.166 e. The predicted octanol–water partition coefficient (Wildman–Crippen LogP) is 3.99. The molecule has 4 heterocycles. The van der Waals surface area contributed by atoms with Gasteiger partial charge in [-0.05, 0) is 56.0 Å². The highest BCUT2D eigenvalue weighted by Crippen LogP contribution is 2.30. The van der Waals surface area contributed by atoms with Gasteiger partial charge in [-0.15, -0.1) is 0 Å². The minimum atomic E-state index is 0.210. The fourth-order valence-corrected chi connectivity index (χ4v) is 5.44. The number of morpholine rings is 1. The Labute approximate surface area is 217 Å². The summed E-state index contributed by atoms with van der Waals surface area (Å²) in [5.41, 5.74) is 3.91. The van der Waals surface area contributed by atoms with Gasteiger partial charge in [0.25, 0.3) is 0 Å². The van der Waals surface area contributed by atoms with Crippen LogP contribution in [0.4, 0.5) is 5.82 Å². The highest BCUT2D eigenvalue weighted by molar-refractivity contribution is 5.86. The number of aromatic hydroxyl groups is 1. The largest absolute Gasteiger partial charge is 0.508 e. The number of hydrogen-bond acceptors (Lipinski definition) is 7. The van der Waals surface area contributed by atoms with Crippen molar-refractivity contribution in [3.8, 4) is 17.1 Å². The lowest BCUT2D eigenvalue weighted by atomic mass is 9.96. The lowest BCUT2D eigenvalue weighted by Gasteiger charge is -2.32. The third-order valence-corrected chi connectivity index (χ3v) is 7.58. The molecule has 2 aromatic heterocycles. The summed E-state index contributed by atoms with van der Waals surface area (Å²) in [6.45, 7) is 7.20. The van der Waals surface area contributed by atoms with Crippen molar-refractivity contribution in [3.63, 3.8) is 0 Å². The van der Waals surface area contributed by atoms with Gasteiger partial charge in [0.2, 0.25) is 0 Å². The van der Waals surface area contributed by atoms with Gasteiger partial charge in [-0.1, -0.05) is 42.5 Å². The number of rotatable bonds is 7. The lowest BCUT2D eigenvalue weighted by Crippen LogP contribution is -2.37. The van der Waals surface area contributed by atoms with Crippen LogP contribution in [0.5, 0.6) is 5.75 Å². The van der Waals surface area contributed by atoms with Crippen molar-refractivity contribution in [1.29, 1.82) is 0 Å². The number of fused-ring (bicyclic) bond motifs is 1. The van der Waals surface area contributed by atoms with Gasteiger partial charge in [-0.2, -0.15) is 0 Å². The normalized spacial score (nSPS) is 17.5. The van der Waals surface area contributed by atoms with E-state index >= 15 is 0 Å². The number of ether oxygens (including phenoxy) is 1. The van der Waals surface area contributed by atoms with Gasteiger partial charge in [0.1, 0.15) is 5.75 Å².